The summed E-state index contributed by atoms with van der Waals surface area (Å²) < 4.78 is 39.2. The molecule has 1 N–H and O–H groups in total. The zero-order valence-electron chi connectivity index (χ0n) is 19.5. The summed E-state index contributed by atoms with van der Waals surface area (Å²) in [5.74, 6) is 0.269. The van der Waals surface area contributed by atoms with Gasteiger partial charge in [-0.3, -0.25) is 4.55 Å². The van der Waals surface area contributed by atoms with Gasteiger partial charge in [-0.2, -0.15) is 13.0 Å². The number of nitrogens with zero attached hydrogens (tertiary/aromatic N) is 2. The van der Waals surface area contributed by atoms with Gasteiger partial charge in [0.15, 0.2) is 6.54 Å². The van der Waals surface area contributed by atoms with Gasteiger partial charge in [-0.1, -0.05) is 36.8 Å². The molecule has 0 aliphatic rings. The van der Waals surface area contributed by atoms with Crippen molar-refractivity contribution >= 4 is 59.5 Å². The number of halogens is 1. The first-order valence-electron chi connectivity index (χ1n) is 11.2. The highest BCUT2D eigenvalue weighted by atomic mass is 35.5. The minimum absolute atomic E-state index is 0.254. The van der Waals surface area contributed by atoms with Crippen molar-refractivity contribution < 1.29 is 22.0 Å². The molecule has 33 heavy (non-hydrogen) atoms. The zero-order chi connectivity index (χ0) is 24.2. The maximum atomic E-state index is 11.1. The molecule has 3 aromatic rings. The van der Waals surface area contributed by atoms with Crippen molar-refractivity contribution in [3.63, 3.8) is 0 Å². The third kappa shape index (κ3) is 6.69. The van der Waals surface area contributed by atoms with Gasteiger partial charge in [0.1, 0.15) is 0 Å². The van der Waals surface area contributed by atoms with Crippen LogP contribution in [-0.4, -0.2) is 39.7 Å². The van der Waals surface area contributed by atoms with Gasteiger partial charge in [0.25, 0.3) is 15.6 Å². The van der Waals surface area contributed by atoms with Gasteiger partial charge in [-0.05, 0) is 49.8 Å². The van der Waals surface area contributed by atoms with Crippen molar-refractivity contribution in [1.29, 1.82) is 0 Å². The molecule has 0 saturated heterocycles. The van der Waals surface area contributed by atoms with E-state index in [4.69, 9.17) is 20.6 Å². The number of benzene rings is 2. The van der Waals surface area contributed by atoms with Crippen LogP contribution >= 0.6 is 11.6 Å². The van der Waals surface area contributed by atoms with Crippen LogP contribution in [0.2, 0.25) is 18.1 Å². The van der Waals surface area contributed by atoms with E-state index in [1.807, 2.05) is 16.7 Å². The van der Waals surface area contributed by atoms with Crippen LogP contribution < -0.4 is 9.47 Å². The van der Waals surface area contributed by atoms with Crippen molar-refractivity contribution in [2.24, 2.45) is 0 Å². The molecule has 2 aromatic carbocycles. The largest absolute Gasteiger partial charge is 0.398 e. The monoisotopic (exact) mass is 507 g/mol. The van der Waals surface area contributed by atoms with Crippen LogP contribution in [0, 0.1) is 0 Å². The number of oxazole rings is 1. The molecule has 1 heterocycles. The Kier molecular flexibility index (Phi) is 8.39. The van der Waals surface area contributed by atoms with Crippen molar-refractivity contribution in [2.45, 2.75) is 45.6 Å². The first kappa shape index (κ1) is 25.5. The molecule has 0 bridgehead atoms. The van der Waals surface area contributed by atoms with Gasteiger partial charge in [0.2, 0.25) is 5.58 Å². The molecule has 0 aliphatic heterocycles. The molecule has 0 spiro atoms. The van der Waals surface area contributed by atoms with Crippen LogP contribution in [0.5, 0.6) is 0 Å². The minimum Gasteiger partial charge on any atom is -0.398 e. The maximum Gasteiger partial charge on any atom is 0.374 e. The van der Waals surface area contributed by atoms with Crippen LogP contribution in [0.1, 0.15) is 31.7 Å². The molecule has 3 rings (SSSR count). The van der Waals surface area contributed by atoms with Gasteiger partial charge in [-0.15, -0.1) is 0 Å². The molecule has 0 amide bonds. The Morgan fingerprint density at radius 3 is 2.48 bits per heavy atom. The molecule has 1 atom stereocenters. The number of rotatable bonds is 10. The summed E-state index contributed by atoms with van der Waals surface area (Å²) >= 11 is 6.16. The van der Waals surface area contributed by atoms with E-state index in [-0.39, 0.29) is 12.2 Å². The molecule has 1 unspecified atom stereocenters. The Balaban J connectivity index is 1.86. The van der Waals surface area contributed by atoms with E-state index in [9.17, 15) is 8.42 Å². The summed E-state index contributed by atoms with van der Waals surface area (Å²) in [7, 11) is -4.81. The second-order valence-electron chi connectivity index (χ2n) is 8.54. The number of hydrogen-bond acceptors (Lipinski definition) is 4. The summed E-state index contributed by atoms with van der Waals surface area (Å²) in [6.07, 6.45) is 4.10. The molecule has 0 aliphatic carbocycles. The predicted octanol–water partition coefficient (Wildman–Crippen LogP) is 5.06. The highest BCUT2D eigenvalue weighted by Crippen LogP contribution is 2.22. The van der Waals surface area contributed by atoms with Crippen molar-refractivity contribution in [3.05, 3.63) is 58.9 Å². The van der Waals surface area contributed by atoms with Gasteiger partial charge >= 0.3 is 5.89 Å². The van der Waals surface area contributed by atoms with Crippen LogP contribution in [0.25, 0.3) is 23.3 Å². The van der Waals surface area contributed by atoms with Crippen LogP contribution in [0.3, 0.4) is 0 Å². The molecule has 178 valence electrons. The van der Waals surface area contributed by atoms with Crippen molar-refractivity contribution in [3.8, 4) is 0 Å². The van der Waals surface area contributed by atoms with Gasteiger partial charge in [-0.25, -0.2) is 0 Å². The van der Waals surface area contributed by atoms with E-state index in [1.54, 1.807) is 18.2 Å². The predicted molar refractivity (Wildman–Crippen MR) is 139 cm³/mol. The normalized spacial score (nSPS) is 13.3. The first-order chi connectivity index (χ1) is 15.6. The van der Waals surface area contributed by atoms with E-state index in [0.29, 0.717) is 28.7 Å². The Labute approximate surface area is 202 Å². The lowest BCUT2D eigenvalue weighted by molar-refractivity contribution is -0.677. The Hall–Kier alpha value is -2.13. The lowest BCUT2D eigenvalue weighted by Crippen LogP contribution is -2.41. The van der Waals surface area contributed by atoms with E-state index in [0.717, 1.165) is 17.6 Å². The average molecular weight is 508 g/mol. The standard InChI is InChI=1S/C24H31ClN2O4SSi/c1-5-26(18(2)33(3)4)21-11-7-19(8-12-21)9-14-24-27(15-6-16-32(28,29)30)22-17-20(25)10-13-23(22)31-24/h7-14,17-18,33H,5-6,15-16H2,1-4H3/p+1. The van der Waals surface area contributed by atoms with Crippen LogP contribution in [0.15, 0.2) is 46.9 Å². The van der Waals surface area contributed by atoms with Gasteiger partial charge in [0, 0.05) is 35.4 Å². The molecule has 1 aromatic heterocycles. The van der Waals surface area contributed by atoms with E-state index in [2.05, 4.69) is 56.1 Å². The van der Waals surface area contributed by atoms with Crippen molar-refractivity contribution in [1.82, 2.24) is 0 Å². The van der Waals surface area contributed by atoms with E-state index in [1.165, 1.54) is 5.69 Å². The second kappa shape index (κ2) is 10.9. The Bertz CT molecular complexity index is 1220. The number of aromatic nitrogens is 1. The third-order valence-electron chi connectivity index (χ3n) is 5.92. The molecule has 0 saturated carbocycles. The summed E-state index contributed by atoms with van der Waals surface area (Å²) in [6, 6.07) is 13.8. The SMILES string of the molecule is CCN(c1ccc(C=Cc2oc3ccc(Cl)cc3[n+]2CCCS(=O)(=O)O)cc1)C(C)[SiH](C)C. The average Bonchev–Trinajstić information content (AvgIpc) is 3.09. The van der Waals surface area contributed by atoms with Gasteiger partial charge in [0.05, 0.1) is 20.6 Å². The molecule has 6 nitrogen and oxygen atoms in total. The highest BCUT2D eigenvalue weighted by molar-refractivity contribution is 7.85. The number of hydrogen-bond donors (Lipinski definition) is 1. The topological polar surface area (TPSA) is 74.6 Å². The highest BCUT2D eigenvalue weighted by Gasteiger charge is 2.22. The Morgan fingerprint density at radius 2 is 1.88 bits per heavy atom. The third-order valence-corrected chi connectivity index (χ3v) is 9.25. The number of anilines is 1. The summed E-state index contributed by atoms with van der Waals surface area (Å²) in [5, 5.41) is 0.567. The smallest absolute Gasteiger partial charge is 0.374 e. The number of aryl methyl sites for hydroxylation is 1. The van der Waals surface area contributed by atoms with E-state index < -0.39 is 18.9 Å². The van der Waals surface area contributed by atoms with E-state index >= 15 is 0 Å². The first-order valence-corrected chi connectivity index (χ1v) is 16.2. The molecule has 0 radical (unpaired) electrons. The fraction of sp³-hybridized carbons (Fsp3) is 0.375. The zero-order valence-corrected chi connectivity index (χ0v) is 22.3. The molecular weight excluding hydrogens is 476 g/mol. The maximum absolute atomic E-state index is 11.1. The molecule has 9 heteroatoms. The number of fused-ring (bicyclic) bond motifs is 1. The van der Waals surface area contributed by atoms with Gasteiger partial charge < -0.3 is 9.32 Å². The van der Waals surface area contributed by atoms with Crippen LogP contribution in [-0.2, 0) is 16.7 Å². The molecule has 0 fully saturated rings. The second-order valence-corrected chi connectivity index (χ2v) is 14.0. The minimum atomic E-state index is -4.02. The summed E-state index contributed by atoms with van der Waals surface area (Å²) in [6.45, 7) is 10.6. The molecular formula is C24H32ClN2O4SSi+. The Morgan fingerprint density at radius 1 is 1.18 bits per heavy atom. The quantitative estimate of drug-likeness (QED) is 0.236. The van der Waals surface area contributed by atoms with Crippen LogP contribution in [0.4, 0.5) is 5.69 Å². The lowest BCUT2D eigenvalue weighted by Gasteiger charge is -2.32. The summed E-state index contributed by atoms with van der Waals surface area (Å²) in [5.41, 5.74) is 4.28. The summed E-state index contributed by atoms with van der Waals surface area (Å²) in [4.78, 5) is 2.45. The fourth-order valence-corrected chi connectivity index (χ4v) is 5.61. The van der Waals surface area contributed by atoms with Crippen molar-refractivity contribution in [2.75, 3.05) is 17.2 Å². The fourth-order valence-electron chi connectivity index (χ4n) is 3.84. The lowest BCUT2D eigenvalue weighted by atomic mass is 10.2.